The van der Waals surface area contributed by atoms with Gasteiger partial charge in [0.2, 0.25) is 0 Å². The number of carboxylic acids is 1. The average Bonchev–Trinajstić information content (AvgIpc) is 2.36. The summed E-state index contributed by atoms with van der Waals surface area (Å²) in [5, 5.41) is 11.1. The number of aliphatic carboxylic acids is 1. The number of hydrogen-bond acceptors (Lipinski definition) is 4. The number of carbonyl (C=O) groups is 2. The fourth-order valence-corrected chi connectivity index (χ4v) is 1.66. The second-order valence-electron chi connectivity index (χ2n) is 4.61. The van der Waals surface area contributed by atoms with Crippen LogP contribution >= 0.6 is 0 Å². The predicted molar refractivity (Wildman–Crippen MR) is 66.4 cm³/mol. The third-order valence-corrected chi connectivity index (χ3v) is 3.40. The van der Waals surface area contributed by atoms with Gasteiger partial charge in [-0.25, -0.2) is 4.79 Å². The highest BCUT2D eigenvalue weighted by Gasteiger charge is 2.24. The van der Waals surface area contributed by atoms with Crippen molar-refractivity contribution in [3.05, 3.63) is 12.7 Å². The first-order valence-electron chi connectivity index (χ1n) is 6.22. The van der Waals surface area contributed by atoms with Crippen LogP contribution in [-0.4, -0.2) is 49.7 Å². The normalized spacial score (nSPS) is 12.8. The van der Waals surface area contributed by atoms with Gasteiger partial charge in [-0.1, -0.05) is 6.58 Å². The minimum atomic E-state index is -1.09. The van der Waals surface area contributed by atoms with Gasteiger partial charge < -0.3 is 19.1 Å². The van der Waals surface area contributed by atoms with Crippen molar-refractivity contribution in [3.8, 4) is 0 Å². The van der Waals surface area contributed by atoms with Gasteiger partial charge in [0.05, 0.1) is 45.2 Å². The second-order valence-corrected chi connectivity index (χ2v) is 4.61. The largest absolute Gasteiger partial charge is 0.550 e. The van der Waals surface area contributed by atoms with E-state index < -0.39 is 17.9 Å². The van der Waals surface area contributed by atoms with Gasteiger partial charge in [0.15, 0.2) is 0 Å². The summed E-state index contributed by atoms with van der Waals surface area (Å²) in [6.45, 7) is 9.59. The second kappa shape index (κ2) is 7.87. The van der Waals surface area contributed by atoms with Crippen LogP contribution in [0, 0.1) is 5.92 Å². The summed E-state index contributed by atoms with van der Waals surface area (Å²) in [6, 6.07) is 0. The molecule has 0 spiro atoms. The number of ether oxygens (including phenoxy) is 1. The van der Waals surface area contributed by atoms with E-state index in [1.54, 1.807) is 0 Å². The van der Waals surface area contributed by atoms with Crippen LogP contribution < -0.4 is 5.11 Å². The molecule has 5 heteroatoms. The monoisotopic (exact) mass is 257 g/mol. The van der Waals surface area contributed by atoms with Crippen LogP contribution in [0.15, 0.2) is 12.7 Å². The Morgan fingerprint density at radius 1 is 1.39 bits per heavy atom. The van der Waals surface area contributed by atoms with E-state index in [-0.39, 0.29) is 13.0 Å². The fourth-order valence-electron chi connectivity index (χ4n) is 1.66. The SMILES string of the molecule is C=CC(=O)OCCC(C[N+](C)(CC)CC)C(=O)[O-]. The molecule has 1 atom stereocenters. The van der Waals surface area contributed by atoms with E-state index in [0.29, 0.717) is 11.0 Å². The van der Waals surface area contributed by atoms with Gasteiger partial charge in [-0.05, 0) is 20.3 Å². The molecule has 0 bridgehead atoms. The third kappa shape index (κ3) is 5.82. The lowest BCUT2D eigenvalue weighted by Crippen LogP contribution is -2.50. The zero-order chi connectivity index (χ0) is 14.2. The van der Waals surface area contributed by atoms with Crippen LogP contribution in [0.2, 0.25) is 0 Å². The Hall–Kier alpha value is -1.36. The molecule has 0 heterocycles. The highest BCUT2D eigenvalue weighted by Crippen LogP contribution is 2.11. The van der Waals surface area contributed by atoms with Crippen LogP contribution in [0.5, 0.6) is 0 Å². The molecule has 0 aliphatic carbocycles. The quantitative estimate of drug-likeness (QED) is 0.330. The lowest BCUT2D eigenvalue weighted by Gasteiger charge is -2.35. The minimum absolute atomic E-state index is 0.0803. The van der Waals surface area contributed by atoms with E-state index in [2.05, 4.69) is 6.58 Å². The van der Waals surface area contributed by atoms with Gasteiger partial charge in [-0.15, -0.1) is 0 Å². The summed E-state index contributed by atoms with van der Waals surface area (Å²) in [6.07, 6.45) is 1.34. The van der Waals surface area contributed by atoms with Crippen molar-refractivity contribution in [2.75, 3.05) is 33.3 Å². The van der Waals surface area contributed by atoms with E-state index in [1.807, 2.05) is 20.9 Å². The predicted octanol–water partition coefficient (Wildman–Crippen LogP) is -0.0418. The molecule has 18 heavy (non-hydrogen) atoms. The van der Waals surface area contributed by atoms with Crippen LogP contribution in [-0.2, 0) is 14.3 Å². The molecule has 0 radical (unpaired) electrons. The zero-order valence-electron chi connectivity index (χ0n) is 11.5. The summed E-state index contributed by atoms with van der Waals surface area (Å²) in [4.78, 5) is 21.9. The van der Waals surface area contributed by atoms with Gasteiger partial charge in [0, 0.05) is 6.08 Å². The first-order valence-corrected chi connectivity index (χ1v) is 6.22. The zero-order valence-corrected chi connectivity index (χ0v) is 11.5. The maximum Gasteiger partial charge on any atom is 0.330 e. The molecule has 0 aromatic carbocycles. The van der Waals surface area contributed by atoms with Crippen molar-refractivity contribution in [2.45, 2.75) is 20.3 Å². The molecule has 0 aromatic heterocycles. The van der Waals surface area contributed by atoms with Crippen molar-refractivity contribution in [2.24, 2.45) is 5.92 Å². The first-order chi connectivity index (χ1) is 8.38. The van der Waals surface area contributed by atoms with Crippen LogP contribution in [0.4, 0.5) is 0 Å². The Kier molecular flexibility index (Phi) is 7.27. The summed E-state index contributed by atoms with van der Waals surface area (Å²) in [5.41, 5.74) is 0. The van der Waals surface area contributed by atoms with E-state index >= 15 is 0 Å². The highest BCUT2D eigenvalue weighted by molar-refractivity contribution is 5.81. The maximum absolute atomic E-state index is 11.1. The number of nitrogens with zero attached hydrogens (tertiary/aromatic N) is 1. The van der Waals surface area contributed by atoms with E-state index in [0.717, 1.165) is 19.2 Å². The van der Waals surface area contributed by atoms with E-state index in [1.165, 1.54) is 0 Å². The van der Waals surface area contributed by atoms with Crippen molar-refractivity contribution < 1.29 is 23.9 Å². The number of esters is 1. The third-order valence-electron chi connectivity index (χ3n) is 3.40. The average molecular weight is 257 g/mol. The van der Waals surface area contributed by atoms with Gasteiger partial charge >= 0.3 is 5.97 Å². The topological polar surface area (TPSA) is 66.4 Å². The summed E-state index contributed by atoms with van der Waals surface area (Å²) in [5.74, 6) is -2.22. The van der Waals surface area contributed by atoms with Crippen LogP contribution in [0.1, 0.15) is 20.3 Å². The number of hydrogen-bond donors (Lipinski definition) is 0. The van der Waals surface area contributed by atoms with Crippen molar-refractivity contribution in [1.82, 2.24) is 0 Å². The van der Waals surface area contributed by atoms with Gasteiger partial charge in [-0.2, -0.15) is 0 Å². The van der Waals surface area contributed by atoms with Crippen molar-refractivity contribution >= 4 is 11.9 Å². The van der Waals surface area contributed by atoms with Crippen LogP contribution in [0.25, 0.3) is 0 Å². The molecule has 0 fully saturated rings. The molecule has 0 saturated heterocycles. The number of rotatable bonds is 9. The smallest absolute Gasteiger partial charge is 0.330 e. The Morgan fingerprint density at radius 3 is 2.33 bits per heavy atom. The van der Waals surface area contributed by atoms with Crippen molar-refractivity contribution in [3.63, 3.8) is 0 Å². The molecular weight excluding hydrogens is 234 g/mol. The summed E-state index contributed by atoms with van der Waals surface area (Å²) in [7, 11) is 2.01. The van der Waals surface area contributed by atoms with Gasteiger partial charge in [0.25, 0.3) is 0 Å². The Morgan fingerprint density at radius 2 is 1.94 bits per heavy atom. The number of carbonyl (C=O) groups excluding carboxylic acids is 2. The molecule has 104 valence electrons. The van der Waals surface area contributed by atoms with Crippen molar-refractivity contribution in [1.29, 1.82) is 0 Å². The van der Waals surface area contributed by atoms with E-state index in [9.17, 15) is 14.7 Å². The lowest BCUT2D eigenvalue weighted by molar-refractivity contribution is -0.908. The number of carboxylic acid groups (broad SMARTS) is 1. The highest BCUT2D eigenvalue weighted by atomic mass is 16.5. The molecule has 0 amide bonds. The van der Waals surface area contributed by atoms with Crippen LogP contribution in [0.3, 0.4) is 0 Å². The van der Waals surface area contributed by atoms with Gasteiger partial charge in [0.1, 0.15) is 0 Å². The first kappa shape index (κ1) is 16.6. The standard InChI is InChI=1S/C13H23NO4/c1-5-12(15)18-9-8-11(13(16)17)10-14(4,6-2)7-3/h5,11H,1,6-10H2,2-4H3. The van der Waals surface area contributed by atoms with E-state index in [4.69, 9.17) is 4.74 Å². The molecule has 0 N–H and O–H groups in total. The Balaban J connectivity index is 4.36. The lowest BCUT2D eigenvalue weighted by atomic mass is 10.0. The molecule has 5 nitrogen and oxygen atoms in total. The molecule has 0 aliphatic heterocycles. The molecule has 0 saturated carbocycles. The molecular formula is C13H23NO4. The number of quaternary nitrogens is 1. The van der Waals surface area contributed by atoms with Gasteiger partial charge in [-0.3, -0.25) is 0 Å². The molecule has 0 aliphatic rings. The molecule has 0 rings (SSSR count). The fraction of sp³-hybridized carbons (Fsp3) is 0.692. The maximum atomic E-state index is 11.1. The summed E-state index contributed by atoms with van der Waals surface area (Å²) < 4.78 is 5.46. The Bertz CT molecular complexity index is 297. The molecule has 1 unspecified atom stereocenters. The summed E-state index contributed by atoms with van der Waals surface area (Å²) >= 11 is 0. The Labute approximate surface area is 109 Å². The molecule has 0 aromatic rings. The minimum Gasteiger partial charge on any atom is -0.550 e.